The zero-order chi connectivity index (χ0) is 14.8. The molecule has 0 aliphatic carbocycles. The molecule has 0 saturated carbocycles. The van der Waals surface area contributed by atoms with Crippen LogP contribution in [0.4, 0.5) is 0 Å². The van der Waals surface area contributed by atoms with E-state index in [1.165, 1.54) is 10.5 Å². The van der Waals surface area contributed by atoms with Crippen LogP contribution < -0.4 is 0 Å². The molecule has 1 aliphatic rings. The Bertz CT molecular complexity index is 467. The molecule has 0 atom stereocenters. The number of benzene rings is 1. The fourth-order valence-electron chi connectivity index (χ4n) is 2.07. The molecule has 0 N–H and O–H groups in total. The normalized spacial score (nSPS) is 21.2. The van der Waals surface area contributed by atoms with Crippen LogP contribution in [0.1, 0.15) is 40.2 Å². The van der Waals surface area contributed by atoms with E-state index < -0.39 is 0 Å². The van der Waals surface area contributed by atoms with Gasteiger partial charge in [-0.1, -0.05) is 37.3 Å². The van der Waals surface area contributed by atoms with Crippen molar-refractivity contribution in [2.75, 3.05) is 5.75 Å². The minimum Gasteiger partial charge on any atom is -0.400 e. The van der Waals surface area contributed by atoms with E-state index in [4.69, 9.17) is 9.31 Å². The van der Waals surface area contributed by atoms with Crippen LogP contribution >= 0.6 is 11.8 Å². The van der Waals surface area contributed by atoms with Crippen LogP contribution in [0.25, 0.3) is 4.91 Å². The molecule has 1 aliphatic heterocycles. The third-order valence-electron chi connectivity index (χ3n) is 3.92. The highest BCUT2D eigenvalue weighted by Gasteiger charge is 2.50. The summed E-state index contributed by atoms with van der Waals surface area (Å²) in [5.74, 6) is 3.13. The summed E-state index contributed by atoms with van der Waals surface area (Å²) in [7, 11) is -0.283. The van der Waals surface area contributed by atoms with Crippen molar-refractivity contribution < 1.29 is 9.31 Å². The summed E-state index contributed by atoms with van der Waals surface area (Å²) in [6, 6.07) is 10.4. The monoisotopic (exact) mass is 290 g/mol. The maximum absolute atomic E-state index is 6.05. The Morgan fingerprint density at radius 3 is 2.15 bits per heavy atom. The number of thioether (sulfide) groups is 1. The lowest BCUT2D eigenvalue weighted by Gasteiger charge is -2.32. The molecule has 20 heavy (non-hydrogen) atoms. The summed E-state index contributed by atoms with van der Waals surface area (Å²) in [5.41, 5.74) is 0.647. The largest absolute Gasteiger partial charge is 0.488 e. The fraction of sp³-hybridized carbons (Fsp3) is 0.500. The summed E-state index contributed by atoms with van der Waals surface area (Å²) in [5, 5.41) is 0. The highest BCUT2D eigenvalue weighted by Crippen LogP contribution is 2.38. The Morgan fingerprint density at radius 1 is 1.10 bits per heavy atom. The molecular formula is C16H23BO2S. The summed E-state index contributed by atoms with van der Waals surface area (Å²) < 4.78 is 12.1. The second-order valence-corrected chi connectivity index (χ2v) is 7.26. The molecule has 0 spiro atoms. The molecule has 1 aromatic rings. The molecule has 4 heteroatoms. The SMILES string of the molecule is CCS/C(=C/B1OC(C)(C)C(C)(C)O1)c1ccccc1. The van der Waals surface area contributed by atoms with Gasteiger partial charge in [0.2, 0.25) is 0 Å². The van der Waals surface area contributed by atoms with Crippen LogP contribution in [-0.4, -0.2) is 24.1 Å². The minimum absolute atomic E-state index is 0.283. The first kappa shape index (κ1) is 15.7. The Hall–Kier alpha value is -0.705. The van der Waals surface area contributed by atoms with E-state index in [-0.39, 0.29) is 18.3 Å². The van der Waals surface area contributed by atoms with Gasteiger partial charge in [-0.05, 0) is 45.0 Å². The second kappa shape index (κ2) is 5.96. The van der Waals surface area contributed by atoms with Crippen molar-refractivity contribution in [3.8, 4) is 0 Å². The Kier molecular flexibility index (Phi) is 4.67. The first-order valence-corrected chi connectivity index (χ1v) is 8.10. The molecule has 1 fully saturated rings. The molecular weight excluding hydrogens is 267 g/mol. The van der Waals surface area contributed by atoms with Crippen molar-refractivity contribution in [3.05, 3.63) is 41.9 Å². The average molecular weight is 290 g/mol. The van der Waals surface area contributed by atoms with Crippen molar-refractivity contribution in [2.45, 2.75) is 45.8 Å². The number of hydrogen-bond acceptors (Lipinski definition) is 3. The molecule has 0 unspecified atom stereocenters. The zero-order valence-corrected chi connectivity index (χ0v) is 13.8. The van der Waals surface area contributed by atoms with Crippen molar-refractivity contribution in [2.24, 2.45) is 0 Å². The van der Waals surface area contributed by atoms with Gasteiger partial charge in [-0.15, -0.1) is 11.8 Å². The Labute approximate surface area is 127 Å². The van der Waals surface area contributed by atoms with E-state index in [1.807, 2.05) is 17.8 Å². The summed E-state index contributed by atoms with van der Waals surface area (Å²) in [6.45, 7) is 10.5. The quantitative estimate of drug-likeness (QED) is 0.765. The summed E-state index contributed by atoms with van der Waals surface area (Å²) >= 11 is 1.82. The first-order chi connectivity index (χ1) is 9.36. The van der Waals surface area contributed by atoms with Gasteiger partial charge in [-0.3, -0.25) is 0 Å². The van der Waals surface area contributed by atoms with Gasteiger partial charge in [0.25, 0.3) is 0 Å². The highest BCUT2D eigenvalue weighted by atomic mass is 32.2. The van der Waals surface area contributed by atoms with Crippen LogP contribution in [0.15, 0.2) is 36.3 Å². The maximum atomic E-state index is 6.05. The molecule has 0 bridgehead atoms. The van der Waals surface area contributed by atoms with Gasteiger partial charge in [0.1, 0.15) is 0 Å². The molecule has 1 saturated heterocycles. The van der Waals surface area contributed by atoms with Crippen LogP contribution in [0.5, 0.6) is 0 Å². The smallest absolute Gasteiger partial charge is 0.400 e. The van der Waals surface area contributed by atoms with Gasteiger partial charge in [-0.25, -0.2) is 0 Å². The Balaban J connectivity index is 2.23. The lowest BCUT2D eigenvalue weighted by molar-refractivity contribution is 0.00578. The number of rotatable bonds is 4. The third-order valence-corrected chi connectivity index (χ3v) is 4.89. The van der Waals surface area contributed by atoms with E-state index in [1.54, 1.807) is 0 Å². The zero-order valence-electron chi connectivity index (χ0n) is 13.0. The molecule has 1 aromatic carbocycles. The molecule has 108 valence electrons. The molecule has 2 nitrogen and oxygen atoms in total. The van der Waals surface area contributed by atoms with Gasteiger partial charge in [0.05, 0.1) is 11.2 Å². The first-order valence-electron chi connectivity index (χ1n) is 7.11. The van der Waals surface area contributed by atoms with Gasteiger partial charge in [0.15, 0.2) is 0 Å². The molecule has 2 rings (SSSR count). The lowest BCUT2D eigenvalue weighted by Crippen LogP contribution is -2.41. The third kappa shape index (κ3) is 3.30. The van der Waals surface area contributed by atoms with Crippen LogP contribution in [0.3, 0.4) is 0 Å². The van der Waals surface area contributed by atoms with Crippen LogP contribution in [-0.2, 0) is 9.31 Å². The van der Waals surface area contributed by atoms with Gasteiger partial charge < -0.3 is 9.31 Å². The molecule has 1 heterocycles. The maximum Gasteiger partial charge on any atom is 0.488 e. The average Bonchev–Trinajstić information content (AvgIpc) is 2.58. The van der Waals surface area contributed by atoms with E-state index in [2.05, 4.69) is 64.9 Å². The standard InChI is InChI=1S/C16H23BO2S/c1-6-20-14(13-10-8-7-9-11-13)12-17-18-15(2,3)16(4,5)19-17/h7-12H,6H2,1-5H3/b14-12+. The van der Waals surface area contributed by atoms with Gasteiger partial charge in [-0.2, -0.15) is 0 Å². The predicted octanol–water partition coefficient (Wildman–Crippen LogP) is 4.41. The second-order valence-electron chi connectivity index (χ2n) is 5.95. The highest BCUT2D eigenvalue weighted by molar-refractivity contribution is 8.08. The van der Waals surface area contributed by atoms with Crippen molar-refractivity contribution in [1.82, 2.24) is 0 Å². The summed E-state index contributed by atoms with van der Waals surface area (Å²) in [6.07, 6.45) is 0. The number of hydrogen-bond donors (Lipinski definition) is 0. The van der Waals surface area contributed by atoms with E-state index in [0.29, 0.717) is 0 Å². The minimum atomic E-state index is -0.285. The topological polar surface area (TPSA) is 18.5 Å². The molecule has 0 radical (unpaired) electrons. The Morgan fingerprint density at radius 2 is 1.65 bits per heavy atom. The lowest BCUT2D eigenvalue weighted by atomic mass is 9.89. The van der Waals surface area contributed by atoms with Crippen LogP contribution in [0, 0.1) is 0 Å². The van der Waals surface area contributed by atoms with Gasteiger partial charge in [0, 0.05) is 4.91 Å². The summed E-state index contributed by atoms with van der Waals surface area (Å²) in [4.78, 5) is 1.21. The van der Waals surface area contributed by atoms with E-state index >= 15 is 0 Å². The molecule has 0 amide bonds. The van der Waals surface area contributed by atoms with Crippen molar-refractivity contribution in [3.63, 3.8) is 0 Å². The van der Waals surface area contributed by atoms with Gasteiger partial charge >= 0.3 is 7.12 Å². The fourth-order valence-corrected chi connectivity index (χ4v) is 2.89. The van der Waals surface area contributed by atoms with Crippen molar-refractivity contribution >= 4 is 23.8 Å². The van der Waals surface area contributed by atoms with E-state index in [9.17, 15) is 0 Å². The van der Waals surface area contributed by atoms with Crippen LogP contribution in [0.2, 0.25) is 0 Å². The molecule has 0 aromatic heterocycles. The predicted molar refractivity (Wildman–Crippen MR) is 88.6 cm³/mol. The van der Waals surface area contributed by atoms with E-state index in [0.717, 1.165) is 5.75 Å². The van der Waals surface area contributed by atoms with Crippen molar-refractivity contribution in [1.29, 1.82) is 0 Å².